The van der Waals surface area contributed by atoms with Gasteiger partial charge < -0.3 is 30.1 Å². The summed E-state index contributed by atoms with van der Waals surface area (Å²) in [5.74, 6) is 0.313. The van der Waals surface area contributed by atoms with E-state index in [9.17, 15) is 14.4 Å². The molecule has 2 heterocycles. The Morgan fingerprint density at radius 3 is 2.44 bits per heavy atom. The molecule has 1 fully saturated rings. The minimum Gasteiger partial charge on any atom is -0.444 e. The van der Waals surface area contributed by atoms with Crippen molar-refractivity contribution in [3.8, 4) is 0 Å². The zero-order valence-corrected chi connectivity index (χ0v) is 23.4. The number of fused-ring (bicyclic) bond motifs is 1. The Labute approximate surface area is 230 Å². The number of hydrogen-bond acceptors (Lipinski definition) is 6. The van der Waals surface area contributed by atoms with Crippen molar-refractivity contribution in [1.82, 2.24) is 15.1 Å². The SMILES string of the molecule is CCCN1C(=O)[C@@H](NC(=O)Nc2cccc(C)c2)N=C(N2CCN(C(=O)OC(C)(C)C)CC2)c2ccccc21. The van der Waals surface area contributed by atoms with Gasteiger partial charge >= 0.3 is 12.1 Å². The quantitative estimate of drug-likeness (QED) is 0.612. The number of aryl methyl sites for hydroxylation is 1. The summed E-state index contributed by atoms with van der Waals surface area (Å²) in [6.45, 7) is 11.9. The van der Waals surface area contributed by atoms with Crippen molar-refractivity contribution in [2.45, 2.75) is 52.8 Å². The second-order valence-electron chi connectivity index (χ2n) is 10.8. The molecule has 4 rings (SSSR count). The van der Waals surface area contributed by atoms with E-state index in [1.807, 2.05) is 77.1 Å². The Bertz CT molecular complexity index is 1250. The number of hydrogen-bond donors (Lipinski definition) is 2. The van der Waals surface area contributed by atoms with Crippen LogP contribution in [-0.4, -0.2) is 78.2 Å². The minimum atomic E-state index is -1.12. The molecule has 0 bridgehead atoms. The Kier molecular flexibility index (Phi) is 8.42. The van der Waals surface area contributed by atoms with Crippen molar-refractivity contribution in [2.24, 2.45) is 4.99 Å². The summed E-state index contributed by atoms with van der Waals surface area (Å²) in [5.41, 5.74) is 2.63. The van der Waals surface area contributed by atoms with E-state index in [-0.39, 0.29) is 12.0 Å². The van der Waals surface area contributed by atoms with Crippen molar-refractivity contribution in [1.29, 1.82) is 0 Å². The number of anilines is 2. The highest BCUT2D eigenvalue weighted by Gasteiger charge is 2.35. The molecule has 2 aliphatic heterocycles. The van der Waals surface area contributed by atoms with Gasteiger partial charge in [0.15, 0.2) is 0 Å². The van der Waals surface area contributed by atoms with Gasteiger partial charge in [-0.15, -0.1) is 0 Å². The number of amidine groups is 1. The lowest BCUT2D eigenvalue weighted by Gasteiger charge is -2.37. The van der Waals surface area contributed by atoms with Gasteiger partial charge in [0.1, 0.15) is 11.4 Å². The Hall–Kier alpha value is -4.08. The van der Waals surface area contributed by atoms with Crippen LogP contribution in [0.5, 0.6) is 0 Å². The van der Waals surface area contributed by atoms with Crippen LogP contribution in [0.15, 0.2) is 53.5 Å². The van der Waals surface area contributed by atoms with Crippen LogP contribution in [0, 0.1) is 6.92 Å². The van der Waals surface area contributed by atoms with Gasteiger partial charge in [0.2, 0.25) is 6.17 Å². The fourth-order valence-corrected chi connectivity index (χ4v) is 4.65. The molecule has 2 aliphatic rings. The van der Waals surface area contributed by atoms with Crippen LogP contribution in [0.1, 0.15) is 45.2 Å². The van der Waals surface area contributed by atoms with E-state index in [0.717, 1.165) is 23.2 Å². The number of rotatable bonds is 4. The highest BCUT2D eigenvalue weighted by atomic mass is 16.6. The first-order chi connectivity index (χ1) is 18.6. The number of ether oxygens (including phenoxy) is 1. The second-order valence-corrected chi connectivity index (χ2v) is 10.8. The van der Waals surface area contributed by atoms with Gasteiger partial charge in [0.05, 0.1) is 5.69 Å². The fourth-order valence-electron chi connectivity index (χ4n) is 4.65. The van der Waals surface area contributed by atoms with Crippen molar-refractivity contribution in [3.63, 3.8) is 0 Å². The van der Waals surface area contributed by atoms with Gasteiger partial charge in [-0.25, -0.2) is 14.6 Å². The van der Waals surface area contributed by atoms with E-state index in [4.69, 9.17) is 9.73 Å². The Morgan fingerprint density at radius 2 is 1.77 bits per heavy atom. The Balaban J connectivity index is 1.60. The summed E-state index contributed by atoms with van der Waals surface area (Å²) in [5, 5.41) is 5.59. The van der Waals surface area contributed by atoms with E-state index in [1.54, 1.807) is 15.9 Å². The maximum atomic E-state index is 13.7. The molecule has 2 N–H and O–H groups in total. The lowest BCUT2D eigenvalue weighted by molar-refractivity contribution is -0.120. The molecular formula is C29H38N6O4. The zero-order valence-electron chi connectivity index (χ0n) is 23.4. The van der Waals surface area contributed by atoms with Gasteiger partial charge in [-0.2, -0.15) is 0 Å². The first-order valence-electron chi connectivity index (χ1n) is 13.4. The predicted molar refractivity (Wildman–Crippen MR) is 152 cm³/mol. The van der Waals surface area contributed by atoms with Crippen molar-refractivity contribution < 1.29 is 19.1 Å². The number of carbonyl (C=O) groups is 3. The summed E-state index contributed by atoms with van der Waals surface area (Å²) in [6.07, 6.45) is -0.721. The molecule has 10 nitrogen and oxygen atoms in total. The van der Waals surface area contributed by atoms with E-state index < -0.39 is 17.8 Å². The van der Waals surface area contributed by atoms with E-state index >= 15 is 0 Å². The van der Waals surface area contributed by atoms with Gasteiger partial charge in [-0.05, 0) is 63.9 Å². The number of para-hydroxylation sites is 1. The van der Waals surface area contributed by atoms with Crippen LogP contribution in [0.2, 0.25) is 0 Å². The molecule has 2 aromatic rings. The lowest BCUT2D eigenvalue weighted by Crippen LogP contribution is -2.52. The monoisotopic (exact) mass is 534 g/mol. The number of nitrogens with one attached hydrogen (secondary N) is 2. The van der Waals surface area contributed by atoms with Crippen LogP contribution >= 0.6 is 0 Å². The van der Waals surface area contributed by atoms with Crippen molar-refractivity contribution in [2.75, 3.05) is 42.9 Å². The topological polar surface area (TPSA) is 107 Å². The summed E-state index contributed by atoms with van der Waals surface area (Å²) in [7, 11) is 0. The number of aliphatic imine (C=N–C) groups is 1. The van der Waals surface area contributed by atoms with Crippen LogP contribution in [0.25, 0.3) is 0 Å². The molecule has 10 heteroatoms. The second kappa shape index (κ2) is 11.8. The summed E-state index contributed by atoms with van der Waals surface area (Å²) in [4.78, 5) is 49.6. The molecule has 39 heavy (non-hydrogen) atoms. The molecule has 2 aromatic carbocycles. The molecule has 0 spiro atoms. The minimum absolute atomic E-state index is 0.300. The molecule has 0 aliphatic carbocycles. The molecular weight excluding hydrogens is 496 g/mol. The highest BCUT2D eigenvalue weighted by molar-refractivity contribution is 6.12. The molecule has 0 radical (unpaired) electrons. The maximum Gasteiger partial charge on any atom is 0.410 e. The zero-order chi connectivity index (χ0) is 28.2. The van der Waals surface area contributed by atoms with Crippen molar-refractivity contribution in [3.05, 3.63) is 59.7 Å². The first-order valence-corrected chi connectivity index (χ1v) is 13.4. The average Bonchev–Trinajstić information content (AvgIpc) is 2.99. The van der Waals surface area contributed by atoms with Crippen LogP contribution in [-0.2, 0) is 9.53 Å². The summed E-state index contributed by atoms with van der Waals surface area (Å²) in [6, 6.07) is 14.6. The van der Waals surface area contributed by atoms with Gasteiger partial charge in [0.25, 0.3) is 5.91 Å². The molecule has 0 unspecified atom stereocenters. The lowest BCUT2D eigenvalue weighted by atomic mass is 10.1. The largest absolute Gasteiger partial charge is 0.444 e. The number of urea groups is 1. The fraction of sp³-hybridized carbons (Fsp3) is 0.448. The smallest absolute Gasteiger partial charge is 0.410 e. The molecule has 208 valence electrons. The number of amides is 4. The molecule has 0 saturated carbocycles. The third-order valence-corrected chi connectivity index (χ3v) is 6.41. The Morgan fingerprint density at radius 1 is 1.05 bits per heavy atom. The first kappa shape index (κ1) is 27.9. The highest BCUT2D eigenvalue weighted by Crippen LogP contribution is 2.28. The van der Waals surface area contributed by atoms with Crippen LogP contribution in [0.4, 0.5) is 21.0 Å². The van der Waals surface area contributed by atoms with E-state index in [1.165, 1.54) is 0 Å². The van der Waals surface area contributed by atoms with Gasteiger partial charge in [0, 0.05) is 44.0 Å². The van der Waals surface area contributed by atoms with Crippen LogP contribution < -0.4 is 15.5 Å². The third-order valence-electron chi connectivity index (χ3n) is 6.41. The number of nitrogens with zero attached hydrogens (tertiary/aromatic N) is 4. The predicted octanol–water partition coefficient (Wildman–Crippen LogP) is 4.20. The third kappa shape index (κ3) is 6.87. The number of benzene rings is 2. The van der Waals surface area contributed by atoms with Crippen LogP contribution in [0.3, 0.4) is 0 Å². The molecule has 1 saturated heterocycles. The standard InChI is InChI=1S/C29H38N6O4/c1-6-14-35-23-13-8-7-12-22(23)25(33-15-17-34(18-16-33)28(38)39-29(3,4)5)31-24(26(35)36)32-27(37)30-21-11-9-10-20(2)19-21/h7-13,19,24H,6,14-18H2,1-5H3,(H2,30,32,37)/t24-/m1/s1. The normalized spacial score (nSPS) is 17.7. The summed E-state index contributed by atoms with van der Waals surface area (Å²) < 4.78 is 5.54. The molecule has 1 atom stereocenters. The summed E-state index contributed by atoms with van der Waals surface area (Å²) >= 11 is 0. The van der Waals surface area contributed by atoms with Gasteiger partial charge in [-0.1, -0.05) is 31.2 Å². The number of carbonyl (C=O) groups excluding carboxylic acids is 3. The maximum absolute atomic E-state index is 13.7. The number of benzodiazepines with no additional fused rings is 1. The molecule has 4 amide bonds. The van der Waals surface area contributed by atoms with E-state index in [2.05, 4.69) is 15.5 Å². The van der Waals surface area contributed by atoms with Gasteiger partial charge in [-0.3, -0.25) is 4.79 Å². The van der Waals surface area contributed by atoms with E-state index in [0.29, 0.717) is 44.2 Å². The number of piperazine rings is 1. The average molecular weight is 535 g/mol. The van der Waals surface area contributed by atoms with Crippen molar-refractivity contribution >= 4 is 35.2 Å². The molecule has 0 aromatic heterocycles.